The minimum absolute atomic E-state index is 0.290. The summed E-state index contributed by atoms with van der Waals surface area (Å²) >= 11 is 0. The summed E-state index contributed by atoms with van der Waals surface area (Å²) < 4.78 is 5.07. The molecule has 0 atom stereocenters. The molecule has 0 aliphatic heterocycles. The highest BCUT2D eigenvalue weighted by atomic mass is 16.5. The molecule has 0 spiro atoms. The smallest absolute Gasteiger partial charge is 0.309 e. The number of carbonyl (C=O) groups excluding carboxylic acids is 2. The van der Waals surface area contributed by atoms with Crippen LogP contribution in [0.5, 0.6) is 5.75 Å². The number of rotatable bonds is 6. The van der Waals surface area contributed by atoms with Crippen molar-refractivity contribution in [3.63, 3.8) is 0 Å². The molecule has 0 bridgehead atoms. The van der Waals surface area contributed by atoms with E-state index in [4.69, 9.17) is 4.74 Å². The number of amides is 2. The van der Waals surface area contributed by atoms with Crippen LogP contribution in [0.2, 0.25) is 0 Å². The average molecular weight is 327 g/mol. The predicted octanol–water partition coefficient (Wildman–Crippen LogP) is 1.37. The Hall–Kier alpha value is -2.89. The van der Waals surface area contributed by atoms with Crippen LogP contribution in [0.3, 0.4) is 0 Å². The second-order valence-electron chi connectivity index (χ2n) is 5.34. The van der Waals surface area contributed by atoms with Gasteiger partial charge in [-0.2, -0.15) is 0 Å². The van der Waals surface area contributed by atoms with Crippen LogP contribution in [0.15, 0.2) is 42.7 Å². The van der Waals surface area contributed by atoms with Crippen LogP contribution >= 0.6 is 0 Å². The van der Waals surface area contributed by atoms with E-state index < -0.39 is 11.8 Å². The summed E-state index contributed by atoms with van der Waals surface area (Å²) in [5.74, 6) is -0.535. The molecule has 6 nitrogen and oxygen atoms in total. The fourth-order valence-electron chi connectivity index (χ4n) is 2.16. The third-order valence-corrected chi connectivity index (χ3v) is 3.65. The first kappa shape index (κ1) is 17.5. The van der Waals surface area contributed by atoms with Crippen molar-refractivity contribution in [2.45, 2.75) is 19.9 Å². The molecule has 24 heavy (non-hydrogen) atoms. The number of hydrogen-bond donors (Lipinski definition) is 2. The van der Waals surface area contributed by atoms with Crippen molar-refractivity contribution in [1.82, 2.24) is 15.6 Å². The number of aromatic nitrogens is 1. The van der Waals surface area contributed by atoms with E-state index in [1.165, 1.54) is 0 Å². The molecule has 1 heterocycles. The summed E-state index contributed by atoms with van der Waals surface area (Å²) in [6.07, 6.45) is 4.13. The highest BCUT2D eigenvalue weighted by Crippen LogP contribution is 2.10. The van der Waals surface area contributed by atoms with Gasteiger partial charge in [-0.1, -0.05) is 12.1 Å². The van der Waals surface area contributed by atoms with E-state index in [9.17, 15) is 9.59 Å². The second-order valence-corrected chi connectivity index (χ2v) is 5.34. The lowest BCUT2D eigenvalue weighted by Crippen LogP contribution is -2.40. The van der Waals surface area contributed by atoms with Gasteiger partial charge in [0.05, 0.1) is 7.11 Å². The van der Waals surface area contributed by atoms with E-state index in [0.717, 1.165) is 22.4 Å². The minimum atomic E-state index is -0.645. The number of benzene rings is 1. The lowest BCUT2D eigenvalue weighted by molar-refractivity contribution is -0.139. The molecule has 0 saturated carbocycles. The summed E-state index contributed by atoms with van der Waals surface area (Å²) in [6, 6.07) is 9.19. The Bertz CT molecular complexity index is 699. The maximum Gasteiger partial charge on any atom is 0.309 e. The number of ether oxygens (including phenoxy) is 1. The van der Waals surface area contributed by atoms with Crippen LogP contribution in [0.25, 0.3) is 0 Å². The molecule has 1 aromatic carbocycles. The molecule has 0 aliphatic carbocycles. The Balaban J connectivity index is 1.73. The van der Waals surface area contributed by atoms with Crippen LogP contribution in [0.4, 0.5) is 0 Å². The largest absolute Gasteiger partial charge is 0.497 e. The van der Waals surface area contributed by atoms with Crippen molar-refractivity contribution in [1.29, 1.82) is 0 Å². The highest BCUT2D eigenvalue weighted by Gasteiger charge is 2.12. The van der Waals surface area contributed by atoms with Crippen molar-refractivity contribution in [2.75, 3.05) is 13.7 Å². The molecule has 2 amide bonds. The van der Waals surface area contributed by atoms with Gasteiger partial charge >= 0.3 is 11.8 Å². The van der Waals surface area contributed by atoms with Gasteiger partial charge in [0.2, 0.25) is 0 Å². The van der Waals surface area contributed by atoms with E-state index in [1.807, 2.05) is 25.1 Å². The Morgan fingerprint density at radius 1 is 1.08 bits per heavy atom. The first-order chi connectivity index (χ1) is 11.6. The summed E-state index contributed by atoms with van der Waals surface area (Å²) in [5, 5.41) is 5.21. The standard InChI is InChI=1S/C18H21N3O3/c1-13-7-9-19-12-15(13)8-10-20-17(22)18(23)21-11-14-3-5-16(24-2)6-4-14/h3-7,9,12H,8,10-11H2,1-2H3,(H,20,22)(H,21,23). The topological polar surface area (TPSA) is 80.3 Å². The molecule has 2 rings (SSSR count). The molecular formula is C18H21N3O3. The van der Waals surface area contributed by atoms with Crippen LogP contribution in [0, 0.1) is 6.92 Å². The normalized spacial score (nSPS) is 10.1. The number of nitrogens with one attached hydrogen (secondary N) is 2. The van der Waals surface area contributed by atoms with Gasteiger partial charge in [-0.05, 0) is 48.2 Å². The molecular weight excluding hydrogens is 306 g/mol. The zero-order valence-corrected chi connectivity index (χ0v) is 13.8. The monoisotopic (exact) mass is 327 g/mol. The Morgan fingerprint density at radius 3 is 2.46 bits per heavy atom. The number of nitrogens with zero attached hydrogens (tertiary/aromatic N) is 1. The average Bonchev–Trinajstić information content (AvgIpc) is 2.61. The summed E-state index contributed by atoms with van der Waals surface area (Å²) in [5.41, 5.74) is 3.06. The molecule has 126 valence electrons. The van der Waals surface area contributed by atoms with Crippen molar-refractivity contribution in [3.05, 3.63) is 59.4 Å². The summed E-state index contributed by atoms with van der Waals surface area (Å²) in [7, 11) is 1.59. The molecule has 0 radical (unpaired) electrons. The first-order valence-electron chi connectivity index (χ1n) is 7.68. The fraction of sp³-hybridized carbons (Fsp3) is 0.278. The van der Waals surface area contributed by atoms with Gasteiger partial charge in [0, 0.05) is 25.5 Å². The molecule has 0 saturated heterocycles. The Morgan fingerprint density at radius 2 is 1.79 bits per heavy atom. The van der Waals surface area contributed by atoms with E-state index >= 15 is 0 Å². The number of hydrogen-bond acceptors (Lipinski definition) is 4. The van der Waals surface area contributed by atoms with Crippen LogP contribution in [-0.4, -0.2) is 30.5 Å². The molecule has 6 heteroatoms. The molecule has 2 N–H and O–H groups in total. The lowest BCUT2D eigenvalue weighted by atomic mass is 10.1. The van der Waals surface area contributed by atoms with Gasteiger partial charge in [0.1, 0.15) is 5.75 Å². The summed E-state index contributed by atoms with van der Waals surface area (Å²) in [6.45, 7) is 2.67. The summed E-state index contributed by atoms with van der Waals surface area (Å²) in [4.78, 5) is 27.6. The number of pyridine rings is 1. The van der Waals surface area contributed by atoms with E-state index in [-0.39, 0.29) is 6.54 Å². The molecule has 1 aromatic heterocycles. The van der Waals surface area contributed by atoms with E-state index in [2.05, 4.69) is 15.6 Å². The molecule has 0 unspecified atom stereocenters. The van der Waals surface area contributed by atoms with Gasteiger partial charge in [-0.15, -0.1) is 0 Å². The van der Waals surface area contributed by atoms with Crippen LogP contribution in [0.1, 0.15) is 16.7 Å². The van der Waals surface area contributed by atoms with E-state index in [0.29, 0.717) is 13.0 Å². The van der Waals surface area contributed by atoms with Gasteiger partial charge in [0.15, 0.2) is 0 Å². The predicted molar refractivity (Wildman–Crippen MR) is 90.5 cm³/mol. The highest BCUT2D eigenvalue weighted by molar-refractivity contribution is 6.35. The van der Waals surface area contributed by atoms with Crippen molar-refractivity contribution in [2.24, 2.45) is 0 Å². The third kappa shape index (κ3) is 5.08. The first-order valence-corrected chi connectivity index (χ1v) is 7.68. The number of methoxy groups -OCH3 is 1. The number of carbonyl (C=O) groups is 2. The molecule has 2 aromatic rings. The van der Waals surface area contributed by atoms with Crippen molar-refractivity contribution >= 4 is 11.8 Å². The maximum absolute atomic E-state index is 11.8. The van der Waals surface area contributed by atoms with Gasteiger partial charge < -0.3 is 15.4 Å². The Kier molecular flexibility index (Phi) is 6.31. The Labute approximate surface area is 141 Å². The minimum Gasteiger partial charge on any atom is -0.497 e. The second kappa shape index (κ2) is 8.67. The van der Waals surface area contributed by atoms with Crippen LogP contribution in [-0.2, 0) is 22.6 Å². The van der Waals surface area contributed by atoms with E-state index in [1.54, 1.807) is 31.6 Å². The third-order valence-electron chi connectivity index (χ3n) is 3.65. The zero-order valence-electron chi connectivity index (χ0n) is 13.8. The lowest BCUT2D eigenvalue weighted by Gasteiger charge is -2.08. The molecule has 0 aliphatic rings. The SMILES string of the molecule is COc1ccc(CNC(=O)C(=O)NCCc2cnccc2C)cc1. The fourth-order valence-corrected chi connectivity index (χ4v) is 2.16. The quantitative estimate of drug-likeness (QED) is 0.786. The zero-order chi connectivity index (χ0) is 17.4. The van der Waals surface area contributed by atoms with Gasteiger partial charge in [0.25, 0.3) is 0 Å². The number of aryl methyl sites for hydroxylation is 1. The maximum atomic E-state index is 11.8. The molecule has 0 fully saturated rings. The van der Waals surface area contributed by atoms with Gasteiger partial charge in [-0.3, -0.25) is 14.6 Å². The van der Waals surface area contributed by atoms with Gasteiger partial charge in [-0.25, -0.2) is 0 Å². The van der Waals surface area contributed by atoms with Crippen LogP contribution < -0.4 is 15.4 Å². The van der Waals surface area contributed by atoms with Crippen molar-refractivity contribution in [3.8, 4) is 5.75 Å². The van der Waals surface area contributed by atoms with Crippen molar-refractivity contribution < 1.29 is 14.3 Å².